The van der Waals surface area contributed by atoms with Crippen LogP contribution in [0.4, 0.5) is 5.82 Å². The smallest absolute Gasteiger partial charge is 0.223 e. The van der Waals surface area contributed by atoms with E-state index >= 15 is 0 Å². The van der Waals surface area contributed by atoms with Gasteiger partial charge in [-0.25, -0.2) is 0 Å². The summed E-state index contributed by atoms with van der Waals surface area (Å²) in [7, 11) is 4.19. The molecule has 0 spiro atoms. The molecule has 1 saturated heterocycles. The van der Waals surface area contributed by atoms with Crippen molar-refractivity contribution in [2.24, 2.45) is 13.0 Å². The predicted molar refractivity (Wildman–Crippen MR) is 101 cm³/mol. The van der Waals surface area contributed by atoms with Crippen LogP contribution in [0.2, 0.25) is 0 Å². The van der Waals surface area contributed by atoms with E-state index in [-0.39, 0.29) is 11.8 Å². The van der Waals surface area contributed by atoms with Gasteiger partial charge in [0.25, 0.3) is 0 Å². The Morgan fingerprint density at radius 2 is 2.08 bits per heavy atom. The number of carbonyl (C=O) groups excluding carboxylic acids is 1. The number of hydrogen-bond donors (Lipinski definition) is 1. The second-order valence-corrected chi connectivity index (χ2v) is 7.35. The molecule has 2 heterocycles. The van der Waals surface area contributed by atoms with Crippen molar-refractivity contribution < 1.29 is 4.79 Å². The molecule has 138 valence electrons. The number of nitrogens with one attached hydrogen (secondary N) is 1. The highest BCUT2D eigenvalue weighted by Gasteiger charge is 2.23. The molecule has 1 unspecified atom stereocenters. The normalized spacial score (nSPS) is 22.0. The number of carbonyl (C=O) groups is 1. The zero-order valence-corrected chi connectivity index (χ0v) is 15.8. The lowest BCUT2D eigenvalue weighted by Gasteiger charge is -2.25. The number of nitrogens with zero attached hydrogens (tertiary/aromatic N) is 4. The number of rotatable bonds is 4. The van der Waals surface area contributed by atoms with Gasteiger partial charge in [0, 0.05) is 44.7 Å². The average molecular weight is 345 g/mol. The van der Waals surface area contributed by atoms with E-state index in [1.807, 2.05) is 18.7 Å². The fraction of sp³-hybridized carbons (Fsp3) is 0.684. The lowest BCUT2D eigenvalue weighted by molar-refractivity contribution is -0.125. The molecule has 1 aliphatic heterocycles. The Labute approximate surface area is 150 Å². The van der Waals surface area contributed by atoms with E-state index in [9.17, 15) is 4.79 Å². The Hall–Kier alpha value is -1.82. The Morgan fingerprint density at radius 3 is 2.84 bits per heavy atom. The third kappa shape index (κ3) is 4.24. The number of anilines is 1. The standard InChI is InChI=1S/C19H31N5O/c1-15-17(14-20-18(25)16-8-5-4-6-9-16)19(23(3)21-15)24-11-7-10-22(2)12-13-24/h4-5,16H,6-14H2,1-3H3,(H,20,25). The van der Waals surface area contributed by atoms with Crippen LogP contribution in [0.5, 0.6) is 0 Å². The first-order chi connectivity index (χ1) is 12.1. The summed E-state index contributed by atoms with van der Waals surface area (Å²) in [4.78, 5) is 17.3. The fourth-order valence-electron chi connectivity index (χ4n) is 3.90. The quantitative estimate of drug-likeness (QED) is 0.846. The molecule has 0 aromatic carbocycles. The maximum Gasteiger partial charge on any atom is 0.223 e. The van der Waals surface area contributed by atoms with E-state index in [0.717, 1.165) is 68.9 Å². The molecule has 6 nitrogen and oxygen atoms in total. The van der Waals surface area contributed by atoms with Gasteiger partial charge >= 0.3 is 0 Å². The maximum atomic E-state index is 12.5. The summed E-state index contributed by atoms with van der Waals surface area (Å²) >= 11 is 0. The molecule has 1 aliphatic carbocycles. The lowest BCUT2D eigenvalue weighted by Crippen LogP contribution is -2.33. The molecule has 1 N–H and O–H groups in total. The van der Waals surface area contributed by atoms with E-state index in [4.69, 9.17) is 0 Å². The van der Waals surface area contributed by atoms with Crippen molar-refractivity contribution in [3.05, 3.63) is 23.4 Å². The minimum Gasteiger partial charge on any atom is -0.355 e. The van der Waals surface area contributed by atoms with Crippen LogP contribution in [0, 0.1) is 12.8 Å². The maximum absolute atomic E-state index is 12.5. The van der Waals surface area contributed by atoms with Gasteiger partial charge in [-0.15, -0.1) is 0 Å². The predicted octanol–water partition coefficient (Wildman–Crippen LogP) is 1.84. The average Bonchev–Trinajstić information content (AvgIpc) is 2.75. The first kappa shape index (κ1) is 18.0. The van der Waals surface area contributed by atoms with E-state index in [1.54, 1.807) is 0 Å². The number of aromatic nitrogens is 2. The second kappa shape index (κ2) is 8.04. The number of likely N-dealkylation sites (N-methyl/N-ethyl adjacent to an activating group) is 1. The van der Waals surface area contributed by atoms with Gasteiger partial charge in [0.05, 0.1) is 5.69 Å². The Morgan fingerprint density at radius 1 is 1.24 bits per heavy atom. The van der Waals surface area contributed by atoms with Crippen LogP contribution in [0.25, 0.3) is 0 Å². The molecule has 1 amide bonds. The highest BCUT2D eigenvalue weighted by Crippen LogP contribution is 2.25. The van der Waals surface area contributed by atoms with Crippen LogP contribution >= 0.6 is 0 Å². The molecule has 1 aromatic rings. The Balaban J connectivity index is 1.70. The van der Waals surface area contributed by atoms with E-state index in [1.165, 1.54) is 0 Å². The van der Waals surface area contributed by atoms with Gasteiger partial charge < -0.3 is 15.1 Å². The first-order valence-corrected chi connectivity index (χ1v) is 9.45. The molecule has 3 rings (SSSR count). The molecular formula is C19H31N5O. The van der Waals surface area contributed by atoms with Crippen molar-refractivity contribution in [3.8, 4) is 0 Å². The molecule has 2 aliphatic rings. The van der Waals surface area contributed by atoms with E-state index in [2.05, 4.69) is 39.4 Å². The molecule has 1 fully saturated rings. The van der Waals surface area contributed by atoms with Crippen molar-refractivity contribution in [2.75, 3.05) is 38.1 Å². The van der Waals surface area contributed by atoms with Crippen molar-refractivity contribution in [1.29, 1.82) is 0 Å². The van der Waals surface area contributed by atoms with Gasteiger partial charge in [-0.05, 0) is 46.2 Å². The van der Waals surface area contributed by atoms with Crippen LogP contribution in [0.1, 0.15) is 36.9 Å². The molecule has 1 atom stereocenters. The van der Waals surface area contributed by atoms with Gasteiger partial charge in [-0.3, -0.25) is 9.48 Å². The van der Waals surface area contributed by atoms with Gasteiger partial charge in [-0.1, -0.05) is 12.2 Å². The highest BCUT2D eigenvalue weighted by molar-refractivity contribution is 5.79. The van der Waals surface area contributed by atoms with Crippen molar-refractivity contribution in [1.82, 2.24) is 20.0 Å². The number of hydrogen-bond acceptors (Lipinski definition) is 4. The van der Waals surface area contributed by atoms with Crippen molar-refractivity contribution >= 4 is 11.7 Å². The minimum absolute atomic E-state index is 0.122. The van der Waals surface area contributed by atoms with E-state index in [0.29, 0.717) is 6.54 Å². The third-order valence-corrected chi connectivity index (χ3v) is 5.41. The highest BCUT2D eigenvalue weighted by atomic mass is 16.1. The molecule has 0 bridgehead atoms. The van der Waals surface area contributed by atoms with Crippen molar-refractivity contribution in [2.45, 2.75) is 39.2 Å². The summed E-state index contributed by atoms with van der Waals surface area (Å²) in [5, 5.41) is 7.79. The van der Waals surface area contributed by atoms with Crippen LogP contribution < -0.4 is 10.2 Å². The summed E-state index contributed by atoms with van der Waals surface area (Å²) in [6.45, 7) is 6.85. The fourth-order valence-corrected chi connectivity index (χ4v) is 3.90. The second-order valence-electron chi connectivity index (χ2n) is 7.35. The van der Waals surface area contributed by atoms with Gasteiger partial charge in [0.15, 0.2) is 0 Å². The number of amides is 1. The zero-order chi connectivity index (χ0) is 17.8. The summed E-state index contributed by atoms with van der Waals surface area (Å²) in [6.07, 6.45) is 8.28. The molecule has 0 saturated carbocycles. The molecular weight excluding hydrogens is 314 g/mol. The Kier molecular flexibility index (Phi) is 5.78. The summed E-state index contributed by atoms with van der Waals surface area (Å²) in [6, 6.07) is 0. The topological polar surface area (TPSA) is 53.4 Å². The molecule has 0 radical (unpaired) electrons. The van der Waals surface area contributed by atoms with Crippen molar-refractivity contribution in [3.63, 3.8) is 0 Å². The largest absolute Gasteiger partial charge is 0.355 e. The summed E-state index contributed by atoms with van der Waals surface area (Å²) in [5.74, 6) is 1.46. The van der Waals surface area contributed by atoms with Crippen LogP contribution in [0.15, 0.2) is 12.2 Å². The van der Waals surface area contributed by atoms with E-state index < -0.39 is 0 Å². The SMILES string of the molecule is Cc1nn(C)c(N2CCCN(C)CC2)c1CNC(=O)C1CC=CCC1. The Bertz CT molecular complexity index is 636. The number of allylic oxidation sites excluding steroid dienone is 2. The van der Waals surface area contributed by atoms with Crippen LogP contribution in [-0.2, 0) is 18.4 Å². The van der Waals surface area contributed by atoms with Crippen LogP contribution in [-0.4, -0.2) is 53.8 Å². The zero-order valence-electron chi connectivity index (χ0n) is 15.8. The van der Waals surface area contributed by atoms with Gasteiger partial charge in [0.1, 0.15) is 5.82 Å². The lowest BCUT2D eigenvalue weighted by atomic mass is 9.93. The van der Waals surface area contributed by atoms with Crippen LogP contribution in [0.3, 0.4) is 0 Å². The van der Waals surface area contributed by atoms with Gasteiger partial charge in [0.2, 0.25) is 5.91 Å². The molecule has 1 aromatic heterocycles. The van der Waals surface area contributed by atoms with Gasteiger partial charge in [-0.2, -0.15) is 5.10 Å². The monoisotopic (exact) mass is 345 g/mol. The summed E-state index contributed by atoms with van der Waals surface area (Å²) < 4.78 is 1.98. The first-order valence-electron chi connectivity index (χ1n) is 9.45. The molecule has 6 heteroatoms. The summed E-state index contributed by atoms with van der Waals surface area (Å²) in [5.41, 5.74) is 2.17. The third-order valence-electron chi connectivity index (χ3n) is 5.41. The molecule has 25 heavy (non-hydrogen) atoms. The minimum atomic E-state index is 0.122. The number of aryl methyl sites for hydroxylation is 2.